The van der Waals surface area contributed by atoms with Gasteiger partial charge in [-0.1, -0.05) is 0 Å². The van der Waals surface area contributed by atoms with Crippen LogP contribution in [-0.2, 0) is 0 Å². The van der Waals surface area contributed by atoms with E-state index >= 15 is 0 Å². The number of hydrogen-bond donors (Lipinski definition) is 0. The minimum absolute atomic E-state index is 0.692. The highest BCUT2D eigenvalue weighted by Gasteiger charge is 2.01. The fraction of sp³-hybridized carbons (Fsp3) is 0.222. The molecule has 0 saturated carbocycles. The second-order valence-electron chi connectivity index (χ2n) is 4.78. The highest BCUT2D eigenvalue weighted by atomic mass is 16.5. The summed E-state index contributed by atoms with van der Waals surface area (Å²) >= 11 is 0. The third kappa shape index (κ3) is 4.74. The smallest absolute Gasteiger partial charge is 0.123 e. The molecule has 0 spiro atoms. The van der Waals surface area contributed by atoms with Gasteiger partial charge in [-0.05, 0) is 24.3 Å². The van der Waals surface area contributed by atoms with Crippen molar-refractivity contribution in [3.05, 3.63) is 47.5 Å². The predicted octanol–water partition coefficient (Wildman–Crippen LogP) is 3.17. The van der Waals surface area contributed by atoms with Crippen molar-refractivity contribution in [1.82, 2.24) is 0 Å². The molecule has 6 nitrogen and oxygen atoms in total. The van der Waals surface area contributed by atoms with Crippen molar-refractivity contribution >= 4 is 12.4 Å². The Morgan fingerprint density at radius 2 is 0.833 bits per heavy atom. The molecular weight excluding hydrogens is 308 g/mol. The molecule has 0 heterocycles. The maximum absolute atomic E-state index is 5.22. The molecule has 126 valence electrons. The highest BCUT2D eigenvalue weighted by Crippen LogP contribution is 2.22. The van der Waals surface area contributed by atoms with Gasteiger partial charge in [0.2, 0.25) is 0 Å². The first-order valence-electron chi connectivity index (χ1n) is 7.21. The second-order valence-corrected chi connectivity index (χ2v) is 4.78. The van der Waals surface area contributed by atoms with Crippen LogP contribution in [0.2, 0.25) is 0 Å². The maximum atomic E-state index is 5.22. The van der Waals surface area contributed by atoms with E-state index in [9.17, 15) is 0 Å². The first-order chi connectivity index (χ1) is 11.7. The van der Waals surface area contributed by atoms with Gasteiger partial charge < -0.3 is 18.9 Å². The average Bonchev–Trinajstić information content (AvgIpc) is 2.64. The van der Waals surface area contributed by atoms with Crippen LogP contribution < -0.4 is 18.9 Å². The van der Waals surface area contributed by atoms with Crippen LogP contribution >= 0.6 is 0 Å². The zero-order chi connectivity index (χ0) is 17.4. The molecule has 0 atom stereocenters. The van der Waals surface area contributed by atoms with Gasteiger partial charge in [-0.25, -0.2) is 0 Å². The Bertz CT molecular complexity index is 634. The summed E-state index contributed by atoms with van der Waals surface area (Å²) < 4.78 is 20.9. The Morgan fingerprint density at radius 1 is 0.542 bits per heavy atom. The van der Waals surface area contributed by atoms with Gasteiger partial charge in [0.1, 0.15) is 23.0 Å². The van der Waals surface area contributed by atoms with E-state index in [2.05, 4.69) is 10.2 Å². The van der Waals surface area contributed by atoms with Crippen LogP contribution in [0.3, 0.4) is 0 Å². The molecule has 0 aliphatic rings. The van der Waals surface area contributed by atoms with Crippen molar-refractivity contribution in [1.29, 1.82) is 0 Å². The van der Waals surface area contributed by atoms with Gasteiger partial charge in [-0.3, -0.25) is 0 Å². The van der Waals surface area contributed by atoms with E-state index in [1.54, 1.807) is 53.0 Å². The van der Waals surface area contributed by atoms with Gasteiger partial charge in [0, 0.05) is 23.3 Å². The normalized spacial score (nSPS) is 11.0. The first-order valence-corrected chi connectivity index (χ1v) is 7.21. The molecule has 0 aliphatic carbocycles. The third-order valence-corrected chi connectivity index (χ3v) is 3.23. The van der Waals surface area contributed by atoms with Crippen molar-refractivity contribution in [3.8, 4) is 23.0 Å². The molecular formula is C18H20N2O4. The summed E-state index contributed by atoms with van der Waals surface area (Å²) in [5.74, 6) is 2.77. The van der Waals surface area contributed by atoms with Crippen LogP contribution in [-0.4, -0.2) is 40.9 Å². The summed E-state index contributed by atoms with van der Waals surface area (Å²) in [4.78, 5) is 0. The van der Waals surface area contributed by atoms with Crippen molar-refractivity contribution in [2.75, 3.05) is 28.4 Å². The molecule has 0 radical (unpaired) electrons. The van der Waals surface area contributed by atoms with Crippen molar-refractivity contribution in [2.24, 2.45) is 10.2 Å². The van der Waals surface area contributed by atoms with Crippen molar-refractivity contribution in [3.63, 3.8) is 0 Å². The molecule has 2 aromatic rings. The summed E-state index contributed by atoms with van der Waals surface area (Å²) in [6.45, 7) is 0. The minimum Gasteiger partial charge on any atom is -0.497 e. The highest BCUT2D eigenvalue weighted by molar-refractivity contribution is 5.84. The van der Waals surface area contributed by atoms with Crippen molar-refractivity contribution in [2.45, 2.75) is 0 Å². The van der Waals surface area contributed by atoms with E-state index in [1.165, 1.54) is 0 Å². The van der Waals surface area contributed by atoms with Gasteiger partial charge >= 0.3 is 0 Å². The summed E-state index contributed by atoms with van der Waals surface area (Å²) in [7, 11) is 6.40. The molecule has 2 aromatic carbocycles. The number of rotatable bonds is 7. The Labute approximate surface area is 141 Å². The van der Waals surface area contributed by atoms with Gasteiger partial charge in [-0.2, -0.15) is 10.2 Å². The van der Waals surface area contributed by atoms with Crippen LogP contribution in [0, 0.1) is 0 Å². The van der Waals surface area contributed by atoms with E-state index in [0.717, 1.165) is 11.1 Å². The van der Waals surface area contributed by atoms with Crippen LogP contribution in [0.4, 0.5) is 0 Å². The lowest BCUT2D eigenvalue weighted by Crippen LogP contribution is -1.91. The number of ether oxygens (including phenoxy) is 4. The van der Waals surface area contributed by atoms with E-state index < -0.39 is 0 Å². The summed E-state index contributed by atoms with van der Waals surface area (Å²) in [6.07, 6.45) is 3.25. The van der Waals surface area contributed by atoms with E-state index in [4.69, 9.17) is 18.9 Å². The molecule has 0 bridgehead atoms. The second kappa shape index (κ2) is 8.57. The zero-order valence-electron chi connectivity index (χ0n) is 14.1. The SMILES string of the molecule is COc1cc(/C=N/N=C/c2cc(OC)cc(OC)c2)cc(OC)c1. The molecule has 2 rings (SSSR count). The molecule has 0 amide bonds. The quantitative estimate of drug-likeness (QED) is 0.578. The maximum Gasteiger partial charge on any atom is 0.123 e. The van der Waals surface area contributed by atoms with Crippen LogP contribution in [0.25, 0.3) is 0 Å². The average molecular weight is 328 g/mol. The fourth-order valence-corrected chi connectivity index (χ4v) is 2.01. The van der Waals surface area contributed by atoms with E-state index in [1.807, 2.05) is 24.3 Å². The Hall–Kier alpha value is -3.02. The Balaban J connectivity index is 2.15. The Kier molecular flexibility index (Phi) is 6.19. The van der Waals surface area contributed by atoms with E-state index in [-0.39, 0.29) is 0 Å². The number of benzene rings is 2. The minimum atomic E-state index is 0.692. The lowest BCUT2D eigenvalue weighted by molar-refractivity contribution is 0.394. The molecule has 0 fully saturated rings. The summed E-state index contributed by atoms with van der Waals surface area (Å²) in [5, 5.41) is 8.10. The van der Waals surface area contributed by atoms with Gasteiger partial charge in [0.25, 0.3) is 0 Å². The van der Waals surface area contributed by atoms with Crippen LogP contribution in [0.5, 0.6) is 23.0 Å². The zero-order valence-corrected chi connectivity index (χ0v) is 14.1. The predicted molar refractivity (Wildman–Crippen MR) is 94.3 cm³/mol. The van der Waals surface area contributed by atoms with Gasteiger partial charge in [0.15, 0.2) is 0 Å². The standard InChI is InChI=1S/C18H20N2O4/c1-21-15-5-13(6-16(9-15)22-2)11-19-20-12-14-7-17(23-3)10-18(8-14)24-4/h5-12H,1-4H3/b19-11+,20-12+. The monoisotopic (exact) mass is 328 g/mol. The topological polar surface area (TPSA) is 61.6 Å². The van der Waals surface area contributed by atoms with Gasteiger partial charge in [0.05, 0.1) is 40.9 Å². The molecule has 24 heavy (non-hydrogen) atoms. The first kappa shape index (κ1) is 17.3. The fourth-order valence-electron chi connectivity index (χ4n) is 2.01. The molecule has 6 heteroatoms. The molecule has 0 unspecified atom stereocenters. The number of hydrogen-bond acceptors (Lipinski definition) is 6. The Morgan fingerprint density at radius 3 is 1.08 bits per heavy atom. The largest absolute Gasteiger partial charge is 0.497 e. The lowest BCUT2D eigenvalue weighted by atomic mass is 10.2. The molecule has 0 saturated heterocycles. The molecule has 0 N–H and O–H groups in total. The lowest BCUT2D eigenvalue weighted by Gasteiger charge is -2.05. The van der Waals surface area contributed by atoms with E-state index in [0.29, 0.717) is 23.0 Å². The molecule has 0 aliphatic heterocycles. The van der Waals surface area contributed by atoms with Crippen LogP contribution in [0.1, 0.15) is 11.1 Å². The molecule has 0 aromatic heterocycles. The van der Waals surface area contributed by atoms with Gasteiger partial charge in [-0.15, -0.1) is 0 Å². The number of nitrogens with zero attached hydrogens (tertiary/aromatic N) is 2. The van der Waals surface area contributed by atoms with Crippen molar-refractivity contribution < 1.29 is 18.9 Å². The van der Waals surface area contributed by atoms with Crippen LogP contribution in [0.15, 0.2) is 46.6 Å². The third-order valence-electron chi connectivity index (χ3n) is 3.23. The number of methoxy groups -OCH3 is 4. The summed E-state index contributed by atoms with van der Waals surface area (Å²) in [6, 6.07) is 11.0. The summed E-state index contributed by atoms with van der Waals surface area (Å²) in [5.41, 5.74) is 1.65.